The fourth-order valence-corrected chi connectivity index (χ4v) is 12.1. The molecule has 4 heteroatoms. The number of para-hydroxylation sites is 1. The molecule has 254 valence electrons. The summed E-state index contributed by atoms with van der Waals surface area (Å²) in [7, 11) is -1.87. The summed E-state index contributed by atoms with van der Waals surface area (Å²) in [5.74, 6) is 0.735. The lowest BCUT2D eigenvalue weighted by Crippen LogP contribution is -2.49. The van der Waals surface area contributed by atoms with Gasteiger partial charge in [-0.25, -0.2) is 9.97 Å². The molecule has 2 aromatic heterocycles. The van der Waals surface area contributed by atoms with Gasteiger partial charge in [0.05, 0.1) is 22.2 Å². The average molecular weight is 706 g/mol. The molecule has 8 aromatic carbocycles. The van der Waals surface area contributed by atoms with E-state index in [1.165, 1.54) is 54.1 Å². The average Bonchev–Trinajstić information content (AvgIpc) is 3.69. The molecule has 54 heavy (non-hydrogen) atoms. The second kappa shape index (κ2) is 11.7. The van der Waals surface area contributed by atoms with E-state index in [4.69, 9.17) is 9.97 Å². The summed E-state index contributed by atoms with van der Waals surface area (Å²) >= 11 is 0. The summed E-state index contributed by atoms with van der Waals surface area (Å²) in [5.41, 5.74) is 12.6. The molecule has 0 amide bonds. The Bertz CT molecular complexity index is 3120. The van der Waals surface area contributed by atoms with Crippen LogP contribution in [-0.2, 0) is 0 Å². The van der Waals surface area contributed by atoms with Crippen molar-refractivity contribution in [3.63, 3.8) is 0 Å². The molecule has 1 aliphatic rings. The van der Waals surface area contributed by atoms with Gasteiger partial charge >= 0.3 is 0 Å². The molecule has 0 unspecified atom stereocenters. The number of fused-ring (bicyclic) bond motifs is 10. The fraction of sp³-hybridized carbons (Fsp3) is 0.0400. The first kappa shape index (κ1) is 31.0. The number of nitrogens with zero attached hydrogens (tertiary/aromatic N) is 3. The molecule has 3 heterocycles. The predicted octanol–water partition coefficient (Wildman–Crippen LogP) is 11.7. The molecule has 0 radical (unpaired) electrons. The highest BCUT2D eigenvalue weighted by Gasteiger charge is 2.39. The third kappa shape index (κ3) is 4.53. The SMILES string of the molecule is C[Si]1(C)c2ccccc2-c2c1ccc1nc(-c3cccc(-c4ccc5c(c4)c4c6ccccc6ccc4n5-c4ccccc4)c3)nc(-c3ccccc3)c21. The largest absolute Gasteiger partial charge is 0.309 e. The summed E-state index contributed by atoms with van der Waals surface area (Å²) in [6.07, 6.45) is 0. The Balaban J connectivity index is 1.11. The van der Waals surface area contributed by atoms with Crippen LogP contribution in [0.2, 0.25) is 13.1 Å². The van der Waals surface area contributed by atoms with Crippen LogP contribution in [0.3, 0.4) is 0 Å². The Labute approximate surface area is 314 Å². The van der Waals surface area contributed by atoms with Crippen molar-refractivity contribution in [3.8, 4) is 50.6 Å². The first-order valence-corrected chi connectivity index (χ1v) is 21.7. The minimum absolute atomic E-state index is 0.735. The van der Waals surface area contributed by atoms with Crippen molar-refractivity contribution in [2.75, 3.05) is 0 Å². The zero-order valence-electron chi connectivity index (χ0n) is 30.1. The predicted molar refractivity (Wildman–Crippen MR) is 230 cm³/mol. The molecule has 0 N–H and O–H groups in total. The van der Waals surface area contributed by atoms with Crippen molar-refractivity contribution in [2.45, 2.75) is 13.1 Å². The van der Waals surface area contributed by atoms with Gasteiger partial charge in [-0.1, -0.05) is 147 Å². The van der Waals surface area contributed by atoms with Crippen LogP contribution < -0.4 is 10.4 Å². The number of benzene rings is 8. The van der Waals surface area contributed by atoms with Crippen molar-refractivity contribution in [3.05, 3.63) is 176 Å². The lowest BCUT2D eigenvalue weighted by molar-refractivity contribution is 1.18. The smallest absolute Gasteiger partial charge is 0.160 e. The topological polar surface area (TPSA) is 30.7 Å². The second-order valence-corrected chi connectivity index (χ2v) is 19.3. The molecule has 0 bridgehead atoms. The number of hydrogen-bond donors (Lipinski definition) is 0. The molecule has 11 rings (SSSR count). The van der Waals surface area contributed by atoms with E-state index >= 15 is 0 Å². The maximum Gasteiger partial charge on any atom is 0.160 e. The summed E-state index contributed by atoms with van der Waals surface area (Å²) in [4.78, 5) is 10.8. The lowest BCUT2D eigenvalue weighted by Gasteiger charge is -2.19. The van der Waals surface area contributed by atoms with E-state index in [1.807, 2.05) is 0 Å². The van der Waals surface area contributed by atoms with Crippen molar-refractivity contribution >= 4 is 61.9 Å². The number of aromatic nitrogens is 3. The van der Waals surface area contributed by atoms with Crippen molar-refractivity contribution in [1.29, 1.82) is 0 Å². The Morgan fingerprint density at radius 3 is 2.04 bits per heavy atom. The molecule has 1 aliphatic heterocycles. The zero-order chi connectivity index (χ0) is 36.0. The van der Waals surface area contributed by atoms with E-state index < -0.39 is 8.07 Å². The molecule has 0 spiro atoms. The van der Waals surface area contributed by atoms with Crippen molar-refractivity contribution in [2.24, 2.45) is 0 Å². The van der Waals surface area contributed by atoms with Crippen molar-refractivity contribution < 1.29 is 0 Å². The minimum Gasteiger partial charge on any atom is -0.309 e. The van der Waals surface area contributed by atoms with Crippen LogP contribution in [0, 0.1) is 0 Å². The monoisotopic (exact) mass is 705 g/mol. The third-order valence-corrected chi connectivity index (χ3v) is 15.1. The molecule has 0 saturated heterocycles. The third-order valence-electron chi connectivity index (χ3n) is 11.6. The van der Waals surface area contributed by atoms with Crippen LogP contribution >= 0.6 is 0 Å². The van der Waals surface area contributed by atoms with Gasteiger partial charge in [-0.15, -0.1) is 0 Å². The molecular weight excluding hydrogens is 671 g/mol. The Morgan fingerprint density at radius 2 is 1.17 bits per heavy atom. The zero-order valence-corrected chi connectivity index (χ0v) is 31.1. The first-order valence-electron chi connectivity index (χ1n) is 18.7. The normalized spacial score (nSPS) is 13.1. The highest BCUT2D eigenvalue weighted by molar-refractivity contribution is 7.04. The first-order chi connectivity index (χ1) is 26.5. The molecular formula is C50H35N3Si. The van der Waals surface area contributed by atoms with Crippen LogP contribution in [0.1, 0.15) is 0 Å². The molecule has 10 aromatic rings. The van der Waals surface area contributed by atoms with Gasteiger partial charge < -0.3 is 4.57 Å². The van der Waals surface area contributed by atoms with Gasteiger partial charge in [0.25, 0.3) is 0 Å². The summed E-state index contributed by atoms with van der Waals surface area (Å²) < 4.78 is 2.39. The quantitative estimate of drug-likeness (QED) is 0.171. The maximum atomic E-state index is 5.44. The highest BCUT2D eigenvalue weighted by atomic mass is 28.3. The van der Waals surface area contributed by atoms with Gasteiger partial charge in [0.2, 0.25) is 0 Å². The fourth-order valence-electron chi connectivity index (χ4n) is 9.01. The Kier molecular flexibility index (Phi) is 6.70. The number of hydrogen-bond acceptors (Lipinski definition) is 2. The van der Waals surface area contributed by atoms with E-state index in [9.17, 15) is 0 Å². The molecule has 0 saturated carbocycles. The summed E-state index contributed by atoms with van der Waals surface area (Å²) in [6, 6.07) is 63.7. The van der Waals surface area contributed by atoms with Crippen LogP contribution in [0.15, 0.2) is 176 Å². The van der Waals surface area contributed by atoms with Gasteiger partial charge in [0, 0.05) is 33.0 Å². The van der Waals surface area contributed by atoms with Gasteiger partial charge in [0.15, 0.2) is 5.82 Å². The second-order valence-electron chi connectivity index (χ2n) is 15.0. The Morgan fingerprint density at radius 1 is 0.463 bits per heavy atom. The maximum absolute atomic E-state index is 5.44. The van der Waals surface area contributed by atoms with Crippen molar-refractivity contribution in [1.82, 2.24) is 14.5 Å². The van der Waals surface area contributed by atoms with Gasteiger partial charge in [-0.3, -0.25) is 0 Å². The van der Waals surface area contributed by atoms with E-state index in [-0.39, 0.29) is 0 Å². The van der Waals surface area contributed by atoms with Crippen LogP contribution in [-0.4, -0.2) is 22.6 Å². The molecule has 3 nitrogen and oxygen atoms in total. The van der Waals surface area contributed by atoms with E-state index in [1.54, 1.807) is 0 Å². The molecule has 0 aliphatic carbocycles. The standard InChI is InChI=1S/C50H35N3Si/c1-54(2)44-23-12-11-22-39(44)47-45(54)29-26-41-48(47)49(33-15-5-3-6-16-33)52-50(51-41)36-18-13-17-34(30-36)35-25-27-42-40(31-35)46-38-21-10-9-14-32(38)24-28-43(46)53(42)37-19-7-4-8-20-37/h3-31H,1-2H3. The van der Waals surface area contributed by atoms with E-state index in [2.05, 4.69) is 194 Å². The van der Waals surface area contributed by atoms with Gasteiger partial charge in [-0.05, 0) is 85.9 Å². The van der Waals surface area contributed by atoms with Gasteiger partial charge in [-0.2, -0.15) is 0 Å². The van der Waals surface area contributed by atoms with E-state index in [0.717, 1.165) is 50.4 Å². The summed E-state index contributed by atoms with van der Waals surface area (Å²) in [6.45, 7) is 4.93. The van der Waals surface area contributed by atoms with Crippen LogP contribution in [0.5, 0.6) is 0 Å². The number of rotatable bonds is 4. The molecule has 0 fully saturated rings. The minimum atomic E-state index is -1.87. The van der Waals surface area contributed by atoms with Crippen LogP contribution in [0.25, 0.3) is 94.1 Å². The lowest BCUT2D eigenvalue weighted by atomic mass is 9.96. The summed E-state index contributed by atoms with van der Waals surface area (Å²) in [5, 5.41) is 9.12. The Hall–Kier alpha value is -6.62. The van der Waals surface area contributed by atoms with E-state index in [0.29, 0.717) is 0 Å². The van der Waals surface area contributed by atoms with Crippen LogP contribution in [0.4, 0.5) is 0 Å². The highest BCUT2D eigenvalue weighted by Crippen LogP contribution is 2.41. The van der Waals surface area contributed by atoms with Gasteiger partial charge in [0.1, 0.15) is 8.07 Å². The molecule has 0 atom stereocenters.